The predicted molar refractivity (Wildman–Crippen MR) is 109 cm³/mol. The molecule has 2 aliphatic rings. The van der Waals surface area contributed by atoms with Gasteiger partial charge in [0.05, 0.1) is 14.2 Å². The minimum Gasteiger partial charge on any atom is -0.497 e. The van der Waals surface area contributed by atoms with Gasteiger partial charge >= 0.3 is 0 Å². The van der Waals surface area contributed by atoms with Crippen LogP contribution >= 0.6 is 12.4 Å². The van der Waals surface area contributed by atoms with E-state index in [9.17, 15) is 9.59 Å². The largest absolute Gasteiger partial charge is 0.497 e. The molecule has 0 radical (unpaired) electrons. The molecule has 2 N–H and O–H groups in total. The number of piperazine rings is 1. The van der Waals surface area contributed by atoms with Crippen LogP contribution in [0.2, 0.25) is 0 Å². The number of nitrogens with two attached hydrogens (primary N) is 1. The van der Waals surface area contributed by atoms with E-state index in [-0.39, 0.29) is 30.1 Å². The average molecular weight is 412 g/mol. The molecule has 7 nitrogen and oxygen atoms in total. The second-order valence-corrected chi connectivity index (χ2v) is 7.25. The molecule has 1 heterocycles. The van der Waals surface area contributed by atoms with Crippen molar-refractivity contribution < 1.29 is 19.1 Å². The van der Waals surface area contributed by atoms with Gasteiger partial charge in [0.2, 0.25) is 5.91 Å². The Morgan fingerprint density at radius 3 is 2.11 bits per heavy atom. The van der Waals surface area contributed by atoms with Crippen molar-refractivity contribution in [2.24, 2.45) is 17.6 Å². The molecule has 28 heavy (non-hydrogen) atoms. The quantitative estimate of drug-likeness (QED) is 0.798. The fourth-order valence-electron chi connectivity index (χ4n) is 4.12. The van der Waals surface area contributed by atoms with Crippen LogP contribution in [0.25, 0.3) is 0 Å². The lowest BCUT2D eigenvalue weighted by Crippen LogP contribution is -2.52. The summed E-state index contributed by atoms with van der Waals surface area (Å²) in [6.45, 7) is 2.78. The van der Waals surface area contributed by atoms with E-state index in [0.29, 0.717) is 55.7 Å². The van der Waals surface area contributed by atoms with Gasteiger partial charge in [-0.05, 0) is 37.4 Å². The number of ether oxygens (including phenoxy) is 2. The number of hydrogen-bond acceptors (Lipinski definition) is 5. The van der Waals surface area contributed by atoms with E-state index in [2.05, 4.69) is 0 Å². The van der Waals surface area contributed by atoms with Crippen molar-refractivity contribution in [1.82, 2.24) is 9.80 Å². The van der Waals surface area contributed by atoms with Crippen molar-refractivity contribution in [3.8, 4) is 11.5 Å². The van der Waals surface area contributed by atoms with E-state index in [1.54, 1.807) is 37.3 Å². The summed E-state index contributed by atoms with van der Waals surface area (Å²) in [5.74, 6) is 1.67. The van der Waals surface area contributed by atoms with E-state index in [4.69, 9.17) is 15.2 Å². The monoisotopic (exact) mass is 411 g/mol. The van der Waals surface area contributed by atoms with Gasteiger partial charge in [0.15, 0.2) is 0 Å². The third-order valence-corrected chi connectivity index (χ3v) is 5.76. The first-order valence-corrected chi connectivity index (χ1v) is 9.58. The van der Waals surface area contributed by atoms with Gasteiger partial charge in [0.1, 0.15) is 11.5 Å². The van der Waals surface area contributed by atoms with Crippen LogP contribution < -0.4 is 15.2 Å². The highest BCUT2D eigenvalue weighted by Crippen LogP contribution is 2.32. The summed E-state index contributed by atoms with van der Waals surface area (Å²) in [5, 5.41) is 0. The molecule has 1 aromatic carbocycles. The molecule has 3 rings (SSSR count). The van der Waals surface area contributed by atoms with Crippen molar-refractivity contribution in [3.05, 3.63) is 23.8 Å². The smallest absolute Gasteiger partial charge is 0.254 e. The first kappa shape index (κ1) is 22.3. The van der Waals surface area contributed by atoms with Crippen molar-refractivity contribution in [1.29, 1.82) is 0 Å². The molecule has 0 bridgehead atoms. The van der Waals surface area contributed by atoms with Gasteiger partial charge in [-0.3, -0.25) is 9.59 Å². The third kappa shape index (κ3) is 4.70. The van der Waals surface area contributed by atoms with Gasteiger partial charge in [0.25, 0.3) is 5.91 Å². The summed E-state index contributed by atoms with van der Waals surface area (Å²) < 4.78 is 10.5. The first-order chi connectivity index (χ1) is 13.1. The van der Waals surface area contributed by atoms with Gasteiger partial charge in [-0.2, -0.15) is 0 Å². The van der Waals surface area contributed by atoms with Gasteiger partial charge in [-0.25, -0.2) is 0 Å². The van der Waals surface area contributed by atoms with E-state index in [1.807, 2.05) is 4.90 Å². The van der Waals surface area contributed by atoms with Crippen molar-refractivity contribution >= 4 is 24.2 Å². The number of carbonyl (C=O) groups excluding carboxylic acids is 2. The summed E-state index contributed by atoms with van der Waals surface area (Å²) in [4.78, 5) is 29.4. The van der Waals surface area contributed by atoms with Crippen molar-refractivity contribution in [2.45, 2.75) is 19.3 Å². The fourth-order valence-corrected chi connectivity index (χ4v) is 4.12. The van der Waals surface area contributed by atoms with Crippen LogP contribution in [0.4, 0.5) is 0 Å². The Kier molecular flexibility index (Phi) is 7.95. The molecule has 156 valence electrons. The normalized spacial score (nSPS) is 21.8. The highest BCUT2D eigenvalue weighted by atomic mass is 35.5. The number of halogens is 1. The van der Waals surface area contributed by atoms with Gasteiger partial charge in [-0.15, -0.1) is 12.4 Å². The number of rotatable bonds is 5. The molecule has 0 spiro atoms. The third-order valence-electron chi connectivity index (χ3n) is 5.76. The van der Waals surface area contributed by atoms with Gasteiger partial charge in [-0.1, -0.05) is 6.42 Å². The Morgan fingerprint density at radius 2 is 1.57 bits per heavy atom. The van der Waals surface area contributed by atoms with E-state index in [0.717, 1.165) is 19.3 Å². The lowest BCUT2D eigenvalue weighted by molar-refractivity contribution is -0.138. The second kappa shape index (κ2) is 9.98. The Bertz CT molecular complexity index is 670. The summed E-state index contributed by atoms with van der Waals surface area (Å²) in [6.07, 6.45) is 3.06. The fraction of sp³-hybridized carbons (Fsp3) is 0.600. The molecule has 2 fully saturated rings. The number of carbonyl (C=O) groups is 2. The molecule has 1 aromatic rings. The molecular weight excluding hydrogens is 382 g/mol. The van der Waals surface area contributed by atoms with Crippen LogP contribution in [0.3, 0.4) is 0 Å². The van der Waals surface area contributed by atoms with Crippen LogP contribution in [0.5, 0.6) is 11.5 Å². The minimum absolute atomic E-state index is 0. The van der Waals surface area contributed by atoms with Crippen LogP contribution in [0.15, 0.2) is 18.2 Å². The Morgan fingerprint density at radius 1 is 1.00 bits per heavy atom. The molecule has 8 heteroatoms. The molecule has 1 saturated heterocycles. The first-order valence-electron chi connectivity index (χ1n) is 9.58. The highest BCUT2D eigenvalue weighted by molar-refractivity contribution is 5.95. The molecule has 1 aliphatic heterocycles. The van der Waals surface area contributed by atoms with E-state index in [1.165, 1.54) is 0 Å². The SMILES string of the molecule is COc1cc(OC)cc(C(=O)N2CCN(C(=O)[C@@H]3CCC[C@@H]3CN)CC2)c1.Cl. The Balaban J connectivity index is 0.00000280. The maximum Gasteiger partial charge on any atom is 0.254 e. The van der Waals surface area contributed by atoms with Crippen LogP contribution in [0, 0.1) is 11.8 Å². The zero-order chi connectivity index (χ0) is 19.4. The summed E-state index contributed by atoms with van der Waals surface area (Å²) in [6, 6.07) is 5.17. The number of methoxy groups -OCH3 is 2. The molecule has 2 amide bonds. The maximum absolute atomic E-state index is 12.9. The van der Waals surface area contributed by atoms with Crippen LogP contribution in [0.1, 0.15) is 29.6 Å². The number of nitrogens with zero attached hydrogens (tertiary/aromatic N) is 2. The minimum atomic E-state index is -0.0694. The molecule has 2 atom stereocenters. The van der Waals surface area contributed by atoms with Crippen molar-refractivity contribution in [2.75, 3.05) is 46.9 Å². The van der Waals surface area contributed by atoms with Gasteiger partial charge < -0.3 is 25.0 Å². The molecule has 0 aromatic heterocycles. The maximum atomic E-state index is 12.9. The Hall–Kier alpha value is -1.99. The van der Waals surface area contributed by atoms with Crippen molar-refractivity contribution in [3.63, 3.8) is 0 Å². The van der Waals surface area contributed by atoms with Crippen LogP contribution in [-0.2, 0) is 4.79 Å². The molecular formula is C20H30ClN3O4. The summed E-state index contributed by atoms with van der Waals surface area (Å²) in [7, 11) is 3.12. The molecule has 0 unspecified atom stereocenters. The van der Waals surface area contributed by atoms with E-state index >= 15 is 0 Å². The number of amides is 2. The topological polar surface area (TPSA) is 85.1 Å². The summed E-state index contributed by atoms with van der Waals surface area (Å²) in [5.41, 5.74) is 6.35. The number of benzene rings is 1. The highest BCUT2D eigenvalue weighted by Gasteiger charge is 2.36. The molecule has 1 aliphatic carbocycles. The lowest BCUT2D eigenvalue weighted by atomic mass is 9.94. The van der Waals surface area contributed by atoms with Gasteiger partial charge in [0, 0.05) is 43.7 Å². The zero-order valence-corrected chi connectivity index (χ0v) is 17.4. The zero-order valence-electron chi connectivity index (χ0n) is 16.6. The molecule has 1 saturated carbocycles. The number of hydrogen-bond donors (Lipinski definition) is 1. The van der Waals surface area contributed by atoms with Crippen LogP contribution in [-0.4, -0.2) is 68.6 Å². The summed E-state index contributed by atoms with van der Waals surface area (Å²) >= 11 is 0. The van der Waals surface area contributed by atoms with E-state index < -0.39 is 0 Å². The average Bonchev–Trinajstić information content (AvgIpc) is 3.21. The second-order valence-electron chi connectivity index (χ2n) is 7.25. The predicted octanol–water partition coefficient (Wildman–Crippen LogP) is 1.78. The lowest BCUT2D eigenvalue weighted by Gasteiger charge is -2.36. The Labute approximate surface area is 172 Å². The standard InChI is InChI=1S/C20H29N3O4.ClH/c1-26-16-10-15(11-17(12-16)27-2)19(24)22-6-8-23(9-7-22)20(25)18-5-3-4-14(18)13-21;/h10-12,14,18H,3-9,13,21H2,1-2H3;1H/t14-,18-;/m1./s1.